The highest BCUT2D eigenvalue weighted by Gasteiger charge is 2.01. The van der Waals surface area contributed by atoms with Gasteiger partial charge in [0.05, 0.1) is 0 Å². The van der Waals surface area contributed by atoms with Gasteiger partial charge >= 0.3 is 0 Å². The van der Waals surface area contributed by atoms with Gasteiger partial charge in [-0.2, -0.15) is 0 Å². The Balaban J connectivity index is 1.68. The molecular formula is C15H16ClN3O. The van der Waals surface area contributed by atoms with E-state index in [-0.39, 0.29) is 5.91 Å². The van der Waals surface area contributed by atoms with Crippen molar-refractivity contribution in [3.05, 3.63) is 59.4 Å². The number of anilines is 1. The topological polar surface area (TPSA) is 54.0 Å². The summed E-state index contributed by atoms with van der Waals surface area (Å²) in [6.45, 7) is 1.11. The molecule has 1 amide bonds. The Morgan fingerprint density at radius 2 is 2.00 bits per heavy atom. The Morgan fingerprint density at radius 1 is 1.20 bits per heavy atom. The predicted octanol–water partition coefficient (Wildman–Crippen LogP) is 2.85. The zero-order valence-electron chi connectivity index (χ0n) is 11.0. The van der Waals surface area contributed by atoms with Crippen LogP contribution in [-0.2, 0) is 11.3 Å². The van der Waals surface area contributed by atoms with E-state index in [1.54, 1.807) is 12.3 Å². The van der Waals surface area contributed by atoms with Gasteiger partial charge in [0, 0.05) is 31.4 Å². The first-order valence-corrected chi connectivity index (χ1v) is 6.78. The van der Waals surface area contributed by atoms with E-state index in [1.807, 2.05) is 36.4 Å². The first-order chi connectivity index (χ1) is 9.74. The maximum atomic E-state index is 11.7. The van der Waals surface area contributed by atoms with Crippen LogP contribution >= 0.6 is 11.6 Å². The summed E-state index contributed by atoms with van der Waals surface area (Å²) >= 11 is 5.77. The van der Waals surface area contributed by atoms with Crippen molar-refractivity contribution in [2.75, 3.05) is 11.9 Å². The molecule has 0 radical (unpaired) electrons. The summed E-state index contributed by atoms with van der Waals surface area (Å²) < 4.78 is 0. The summed E-state index contributed by atoms with van der Waals surface area (Å²) in [6, 6.07) is 13.4. The summed E-state index contributed by atoms with van der Waals surface area (Å²) in [5, 5.41) is 6.44. The molecule has 0 saturated heterocycles. The van der Waals surface area contributed by atoms with Gasteiger partial charge < -0.3 is 10.6 Å². The van der Waals surface area contributed by atoms with Crippen molar-refractivity contribution in [3.63, 3.8) is 0 Å². The number of amides is 1. The number of nitrogens with zero attached hydrogens (tertiary/aromatic N) is 1. The molecule has 2 rings (SSSR count). The van der Waals surface area contributed by atoms with Crippen LogP contribution < -0.4 is 10.6 Å². The molecule has 0 atom stereocenters. The van der Waals surface area contributed by atoms with Crippen molar-refractivity contribution in [1.29, 1.82) is 0 Å². The number of nitrogens with one attached hydrogen (secondary N) is 2. The van der Waals surface area contributed by atoms with Crippen molar-refractivity contribution < 1.29 is 4.79 Å². The third-order valence-corrected chi connectivity index (χ3v) is 2.95. The molecule has 0 aliphatic carbocycles. The lowest BCUT2D eigenvalue weighted by Gasteiger charge is -2.07. The van der Waals surface area contributed by atoms with E-state index >= 15 is 0 Å². The third-order valence-electron chi connectivity index (χ3n) is 2.74. The van der Waals surface area contributed by atoms with E-state index in [0.717, 1.165) is 11.3 Å². The standard InChI is InChI=1S/C15H16ClN3O/c16-14-10-13(6-8-18-14)17-9-7-15(20)19-11-12-4-2-1-3-5-12/h1-6,8,10H,7,9,11H2,(H,17,18)(H,19,20). The molecule has 104 valence electrons. The number of carbonyl (C=O) groups excluding carboxylic acids is 1. The lowest BCUT2D eigenvalue weighted by atomic mass is 10.2. The summed E-state index contributed by atoms with van der Waals surface area (Å²) in [6.07, 6.45) is 2.03. The van der Waals surface area contributed by atoms with Gasteiger partial charge in [0.1, 0.15) is 5.15 Å². The summed E-state index contributed by atoms with van der Waals surface area (Å²) in [4.78, 5) is 15.6. The van der Waals surface area contributed by atoms with Crippen LogP contribution in [0.15, 0.2) is 48.7 Å². The SMILES string of the molecule is O=C(CCNc1ccnc(Cl)c1)NCc1ccccc1. The number of pyridine rings is 1. The molecule has 2 N–H and O–H groups in total. The molecule has 5 heteroatoms. The minimum atomic E-state index is 0.0153. The Morgan fingerprint density at radius 3 is 2.75 bits per heavy atom. The van der Waals surface area contributed by atoms with Gasteiger partial charge in [-0.05, 0) is 17.7 Å². The highest BCUT2D eigenvalue weighted by Crippen LogP contribution is 2.11. The molecule has 0 bridgehead atoms. The number of benzene rings is 1. The van der Waals surface area contributed by atoms with Crippen LogP contribution in [0, 0.1) is 0 Å². The number of halogens is 1. The molecule has 0 saturated carbocycles. The smallest absolute Gasteiger partial charge is 0.222 e. The Bertz CT molecular complexity index is 560. The summed E-state index contributed by atoms with van der Waals surface area (Å²) in [5.74, 6) is 0.0153. The van der Waals surface area contributed by atoms with Crippen molar-refractivity contribution in [1.82, 2.24) is 10.3 Å². The van der Waals surface area contributed by atoms with Gasteiger partial charge in [0.15, 0.2) is 0 Å². The highest BCUT2D eigenvalue weighted by atomic mass is 35.5. The zero-order valence-corrected chi connectivity index (χ0v) is 11.7. The maximum absolute atomic E-state index is 11.7. The molecule has 0 aliphatic heterocycles. The number of carbonyl (C=O) groups is 1. The Labute approximate surface area is 123 Å². The molecule has 0 aliphatic rings. The molecule has 1 aromatic heterocycles. The lowest BCUT2D eigenvalue weighted by molar-refractivity contribution is -0.121. The molecule has 0 spiro atoms. The van der Waals surface area contributed by atoms with E-state index in [1.165, 1.54) is 0 Å². The average molecular weight is 290 g/mol. The quantitative estimate of drug-likeness (QED) is 0.804. The molecular weight excluding hydrogens is 274 g/mol. The third kappa shape index (κ3) is 4.90. The fraction of sp³-hybridized carbons (Fsp3) is 0.200. The van der Waals surface area contributed by atoms with Crippen molar-refractivity contribution in [2.24, 2.45) is 0 Å². The van der Waals surface area contributed by atoms with Crippen LogP contribution in [0.3, 0.4) is 0 Å². The van der Waals surface area contributed by atoms with Crippen LogP contribution in [0.25, 0.3) is 0 Å². The van der Waals surface area contributed by atoms with Crippen LogP contribution in [-0.4, -0.2) is 17.4 Å². The van der Waals surface area contributed by atoms with Crippen molar-refractivity contribution in [3.8, 4) is 0 Å². The minimum absolute atomic E-state index is 0.0153. The highest BCUT2D eigenvalue weighted by molar-refractivity contribution is 6.29. The molecule has 0 unspecified atom stereocenters. The first kappa shape index (κ1) is 14.3. The second-order valence-corrected chi connectivity index (χ2v) is 4.69. The largest absolute Gasteiger partial charge is 0.384 e. The number of aromatic nitrogens is 1. The van der Waals surface area contributed by atoms with E-state index < -0.39 is 0 Å². The van der Waals surface area contributed by atoms with Crippen LogP contribution in [0.4, 0.5) is 5.69 Å². The number of hydrogen-bond acceptors (Lipinski definition) is 3. The van der Waals surface area contributed by atoms with Gasteiger partial charge in [-0.15, -0.1) is 0 Å². The zero-order chi connectivity index (χ0) is 14.2. The monoisotopic (exact) mass is 289 g/mol. The Hall–Kier alpha value is -2.07. The van der Waals surface area contributed by atoms with Crippen LogP contribution in [0.1, 0.15) is 12.0 Å². The average Bonchev–Trinajstić information content (AvgIpc) is 2.46. The van der Waals surface area contributed by atoms with Crippen LogP contribution in [0.2, 0.25) is 5.15 Å². The van der Waals surface area contributed by atoms with Gasteiger partial charge in [-0.25, -0.2) is 4.98 Å². The van der Waals surface area contributed by atoms with E-state index in [2.05, 4.69) is 15.6 Å². The van der Waals surface area contributed by atoms with E-state index in [0.29, 0.717) is 24.7 Å². The van der Waals surface area contributed by atoms with E-state index in [4.69, 9.17) is 11.6 Å². The molecule has 2 aromatic rings. The fourth-order valence-electron chi connectivity index (χ4n) is 1.72. The lowest BCUT2D eigenvalue weighted by Crippen LogP contribution is -2.24. The number of rotatable bonds is 6. The van der Waals surface area contributed by atoms with Gasteiger partial charge in [-0.1, -0.05) is 41.9 Å². The molecule has 1 aromatic carbocycles. The fourth-order valence-corrected chi connectivity index (χ4v) is 1.89. The van der Waals surface area contributed by atoms with Crippen molar-refractivity contribution >= 4 is 23.2 Å². The van der Waals surface area contributed by atoms with Gasteiger partial charge in [0.25, 0.3) is 0 Å². The van der Waals surface area contributed by atoms with Gasteiger partial charge in [0.2, 0.25) is 5.91 Å². The predicted molar refractivity (Wildman–Crippen MR) is 80.6 cm³/mol. The number of hydrogen-bond donors (Lipinski definition) is 2. The molecule has 0 fully saturated rings. The normalized spacial score (nSPS) is 10.1. The van der Waals surface area contributed by atoms with Gasteiger partial charge in [-0.3, -0.25) is 4.79 Å². The van der Waals surface area contributed by atoms with E-state index in [9.17, 15) is 4.79 Å². The minimum Gasteiger partial charge on any atom is -0.384 e. The first-order valence-electron chi connectivity index (χ1n) is 6.40. The summed E-state index contributed by atoms with van der Waals surface area (Å²) in [7, 11) is 0. The molecule has 20 heavy (non-hydrogen) atoms. The summed E-state index contributed by atoms with van der Waals surface area (Å²) in [5.41, 5.74) is 1.95. The second-order valence-electron chi connectivity index (χ2n) is 4.31. The molecule has 1 heterocycles. The van der Waals surface area contributed by atoms with Crippen LogP contribution in [0.5, 0.6) is 0 Å². The Kier molecular flexibility index (Phi) is 5.38. The second kappa shape index (κ2) is 7.50. The molecule has 4 nitrogen and oxygen atoms in total. The maximum Gasteiger partial charge on any atom is 0.222 e. The van der Waals surface area contributed by atoms with Crippen molar-refractivity contribution in [2.45, 2.75) is 13.0 Å².